The van der Waals surface area contributed by atoms with Crippen LogP contribution in [0, 0.1) is 12.8 Å². The van der Waals surface area contributed by atoms with Crippen molar-refractivity contribution in [2.45, 2.75) is 39.7 Å². The molecule has 128 valence electrons. The fraction of sp³-hybridized carbons (Fsp3) is 0.389. The molecule has 1 amide bonds. The summed E-state index contributed by atoms with van der Waals surface area (Å²) in [4.78, 5) is 27.4. The van der Waals surface area contributed by atoms with Crippen molar-refractivity contribution in [1.29, 1.82) is 0 Å². The maximum absolute atomic E-state index is 12.0. The van der Waals surface area contributed by atoms with Crippen LogP contribution >= 0.6 is 0 Å². The van der Waals surface area contributed by atoms with Gasteiger partial charge in [0.2, 0.25) is 5.91 Å². The van der Waals surface area contributed by atoms with Crippen molar-refractivity contribution in [3.63, 3.8) is 0 Å². The van der Waals surface area contributed by atoms with Crippen LogP contribution in [0.5, 0.6) is 0 Å². The third-order valence-electron chi connectivity index (χ3n) is 3.69. The Morgan fingerprint density at radius 3 is 2.50 bits per heavy atom. The Hall–Kier alpha value is -2.63. The van der Waals surface area contributed by atoms with Crippen LogP contribution in [0.25, 0.3) is 11.3 Å². The predicted molar refractivity (Wildman–Crippen MR) is 89.4 cm³/mol. The number of aryl methyl sites for hydroxylation is 2. The second-order valence-corrected chi connectivity index (χ2v) is 6.02. The van der Waals surface area contributed by atoms with Gasteiger partial charge in [-0.15, -0.1) is 0 Å². The average Bonchev–Trinajstić information content (AvgIpc) is 2.92. The molecule has 0 aliphatic rings. The minimum Gasteiger partial charge on any atom is -0.480 e. The normalized spacial score (nSPS) is 12.2. The Balaban J connectivity index is 1.98. The Morgan fingerprint density at radius 2 is 1.92 bits per heavy atom. The molecule has 0 spiro atoms. The fourth-order valence-corrected chi connectivity index (χ4v) is 2.40. The van der Waals surface area contributed by atoms with Crippen molar-refractivity contribution in [3.05, 3.63) is 41.9 Å². The van der Waals surface area contributed by atoms with E-state index in [4.69, 9.17) is 9.52 Å². The SMILES string of the molecule is Cc1nc(CCC(=O)N[C@@H](C(=O)O)C(C)C)oc1-c1ccccc1. The molecule has 6 nitrogen and oxygen atoms in total. The van der Waals surface area contributed by atoms with Gasteiger partial charge >= 0.3 is 5.97 Å². The standard InChI is InChI=1S/C18H22N2O4/c1-11(2)16(18(22)23)20-14(21)9-10-15-19-12(3)17(24-15)13-7-5-4-6-8-13/h4-8,11,16H,9-10H2,1-3H3,(H,20,21)(H,22,23)/t16-/m1/s1. The molecule has 0 saturated heterocycles. The zero-order valence-electron chi connectivity index (χ0n) is 14.1. The van der Waals surface area contributed by atoms with Crippen LogP contribution in [-0.2, 0) is 16.0 Å². The quantitative estimate of drug-likeness (QED) is 0.814. The van der Waals surface area contributed by atoms with Crippen LogP contribution in [0.3, 0.4) is 0 Å². The molecule has 2 N–H and O–H groups in total. The highest BCUT2D eigenvalue weighted by Crippen LogP contribution is 2.24. The summed E-state index contributed by atoms with van der Waals surface area (Å²) in [6.07, 6.45) is 0.453. The van der Waals surface area contributed by atoms with Crippen molar-refractivity contribution in [3.8, 4) is 11.3 Å². The Bertz CT molecular complexity index is 707. The number of carbonyl (C=O) groups excluding carboxylic acids is 1. The summed E-state index contributed by atoms with van der Waals surface area (Å²) in [6, 6.07) is 8.75. The molecule has 1 aromatic carbocycles. The Labute approximate surface area is 140 Å². The highest BCUT2D eigenvalue weighted by Gasteiger charge is 2.23. The van der Waals surface area contributed by atoms with E-state index in [2.05, 4.69) is 10.3 Å². The largest absolute Gasteiger partial charge is 0.480 e. The summed E-state index contributed by atoms with van der Waals surface area (Å²) in [7, 11) is 0. The van der Waals surface area contributed by atoms with Gasteiger partial charge in [0.05, 0.1) is 5.69 Å². The molecule has 0 fully saturated rings. The molecular formula is C18H22N2O4. The molecule has 1 aromatic heterocycles. The van der Waals surface area contributed by atoms with Gasteiger partial charge in [-0.3, -0.25) is 4.79 Å². The number of benzene rings is 1. The number of nitrogens with zero attached hydrogens (tertiary/aromatic N) is 1. The van der Waals surface area contributed by atoms with Gasteiger partial charge in [0.15, 0.2) is 11.7 Å². The van der Waals surface area contributed by atoms with Crippen molar-refractivity contribution in [2.24, 2.45) is 5.92 Å². The zero-order chi connectivity index (χ0) is 17.7. The summed E-state index contributed by atoms with van der Waals surface area (Å²) in [5, 5.41) is 11.6. The van der Waals surface area contributed by atoms with Gasteiger partial charge in [-0.05, 0) is 12.8 Å². The molecule has 6 heteroatoms. The van der Waals surface area contributed by atoms with E-state index < -0.39 is 12.0 Å². The predicted octanol–water partition coefficient (Wildman–Crippen LogP) is 2.81. The number of nitrogens with one attached hydrogen (secondary N) is 1. The first-order valence-electron chi connectivity index (χ1n) is 7.92. The van der Waals surface area contributed by atoms with E-state index in [0.29, 0.717) is 18.1 Å². The number of carboxylic acids is 1. The summed E-state index contributed by atoms with van der Waals surface area (Å²) >= 11 is 0. The van der Waals surface area contributed by atoms with Gasteiger partial charge in [-0.1, -0.05) is 44.2 Å². The monoisotopic (exact) mass is 330 g/mol. The van der Waals surface area contributed by atoms with Crippen LogP contribution in [0.15, 0.2) is 34.7 Å². The van der Waals surface area contributed by atoms with E-state index in [-0.39, 0.29) is 18.2 Å². The third-order valence-corrected chi connectivity index (χ3v) is 3.69. The number of hydrogen-bond donors (Lipinski definition) is 2. The van der Waals surface area contributed by atoms with E-state index in [1.165, 1.54) is 0 Å². The highest BCUT2D eigenvalue weighted by atomic mass is 16.4. The summed E-state index contributed by atoms with van der Waals surface area (Å²) in [5.41, 5.74) is 1.70. The van der Waals surface area contributed by atoms with Gasteiger partial charge in [-0.2, -0.15) is 0 Å². The molecule has 1 atom stereocenters. The lowest BCUT2D eigenvalue weighted by atomic mass is 10.0. The molecular weight excluding hydrogens is 308 g/mol. The number of amides is 1. The first kappa shape index (κ1) is 17.7. The summed E-state index contributed by atoms with van der Waals surface area (Å²) in [6.45, 7) is 5.36. The smallest absolute Gasteiger partial charge is 0.326 e. The second kappa shape index (κ2) is 7.77. The van der Waals surface area contributed by atoms with E-state index in [1.54, 1.807) is 13.8 Å². The molecule has 2 rings (SSSR count). The summed E-state index contributed by atoms with van der Waals surface area (Å²) in [5.74, 6) is -0.375. The zero-order valence-corrected chi connectivity index (χ0v) is 14.1. The van der Waals surface area contributed by atoms with Gasteiger partial charge in [0, 0.05) is 18.4 Å². The minimum atomic E-state index is -1.03. The number of aromatic nitrogens is 1. The van der Waals surface area contributed by atoms with Crippen molar-refractivity contribution in [1.82, 2.24) is 10.3 Å². The maximum Gasteiger partial charge on any atom is 0.326 e. The van der Waals surface area contributed by atoms with Crippen molar-refractivity contribution in [2.75, 3.05) is 0 Å². The van der Waals surface area contributed by atoms with Crippen molar-refractivity contribution < 1.29 is 19.1 Å². The molecule has 0 aliphatic heterocycles. The van der Waals surface area contributed by atoms with Gasteiger partial charge in [0.1, 0.15) is 6.04 Å². The van der Waals surface area contributed by atoms with Gasteiger partial charge < -0.3 is 14.8 Å². The van der Waals surface area contributed by atoms with Gasteiger partial charge in [0.25, 0.3) is 0 Å². The minimum absolute atomic E-state index is 0.130. The number of hydrogen-bond acceptors (Lipinski definition) is 4. The lowest BCUT2D eigenvalue weighted by Gasteiger charge is -2.17. The third kappa shape index (κ3) is 4.44. The first-order chi connectivity index (χ1) is 11.4. The van der Waals surface area contributed by atoms with Gasteiger partial charge in [-0.25, -0.2) is 9.78 Å². The molecule has 2 aromatic rings. The fourth-order valence-electron chi connectivity index (χ4n) is 2.40. The number of carboxylic acid groups (broad SMARTS) is 1. The summed E-state index contributed by atoms with van der Waals surface area (Å²) < 4.78 is 5.74. The molecule has 0 bridgehead atoms. The lowest BCUT2D eigenvalue weighted by molar-refractivity contribution is -0.143. The molecule has 0 saturated carbocycles. The molecule has 0 aliphatic carbocycles. The number of oxazole rings is 1. The van der Waals surface area contributed by atoms with Crippen LogP contribution in [0.2, 0.25) is 0 Å². The Morgan fingerprint density at radius 1 is 1.25 bits per heavy atom. The molecule has 24 heavy (non-hydrogen) atoms. The first-order valence-corrected chi connectivity index (χ1v) is 7.92. The number of carbonyl (C=O) groups is 2. The molecule has 0 unspecified atom stereocenters. The van der Waals surface area contributed by atoms with E-state index in [1.807, 2.05) is 37.3 Å². The number of rotatable bonds is 7. The number of aliphatic carboxylic acids is 1. The topological polar surface area (TPSA) is 92.4 Å². The van der Waals surface area contributed by atoms with Crippen LogP contribution in [0.4, 0.5) is 0 Å². The molecule has 1 heterocycles. The lowest BCUT2D eigenvalue weighted by Crippen LogP contribution is -2.44. The van der Waals surface area contributed by atoms with E-state index in [9.17, 15) is 9.59 Å². The maximum atomic E-state index is 12.0. The Kier molecular flexibility index (Phi) is 5.73. The van der Waals surface area contributed by atoms with Crippen LogP contribution in [0.1, 0.15) is 31.9 Å². The van der Waals surface area contributed by atoms with Crippen LogP contribution in [-0.4, -0.2) is 28.0 Å². The van der Waals surface area contributed by atoms with E-state index in [0.717, 1.165) is 11.3 Å². The second-order valence-electron chi connectivity index (χ2n) is 6.02. The average molecular weight is 330 g/mol. The van der Waals surface area contributed by atoms with Crippen LogP contribution < -0.4 is 5.32 Å². The van der Waals surface area contributed by atoms with E-state index >= 15 is 0 Å². The van der Waals surface area contributed by atoms with Crippen molar-refractivity contribution >= 4 is 11.9 Å². The molecule has 0 radical (unpaired) electrons. The highest BCUT2D eigenvalue weighted by molar-refractivity contribution is 5.83.